The van der Waals surface area contributed by atoms with Crippen molar-refractivity contribution < 1.29 is 19.1 Å². The van der Waals surface area contributed by atoms with E-state index >= 15 is 0 Å². The Morgan fingerprint density at radius 2 is 2.07 bits per heavy atom. The number of para-hydroxylation sites is 1. The van der Waals surface area contributed by atoms with Crippen molar-refractivity contribution in [3.05, 3.63) is 70.9 Å². The molecule has 1 amide bonds. The summed E-state index contributed by atoms with van der Waals surface area (Å²) in [5, 5.41) is 14.5. The maximum Gasteiger partial charge on any atom is 0.290 e. The first-order valence-corrected chi connectivity index (χ1v) is 9.86. The molecule has 1 aliphatic rings. The molecule has 0 spiro atoms. The Bertz CT molecular complexity index is 993. The van der Waals surface area contributed by atoms with Crippen LogP contribution in [0.2, 0.25) is 0 Å². The molecule has 1 N–H and O–H groups in total. The van der Waals surface area contributed by atoms with Gasteiger partial charge in [0.15, 0.2) is 5.76 Å². The summed E-state index contributed by atoms with van der Waals surface area (Å²) in [7, 11) is 0. The molecule has 0 radical (unpaired) electrons. The third-order valence-electron chi connectivity index (χ3n) is 5.12. The molecule has 4 rings (SSSR count). The first-order valence-electron chi connectivity index (χ1n) is 9.86. The number of aliphatic hydroxyl groups is 1. The highest BCUT2D eigenvalue weighted by Gasteiger charge is 2.27. The van der Waals surface area contributed by atoms with Crippen molar-refractivity contribution in [2.45, 2.75) is 46.1 Å². The maximum absolute atomic E-state index is 13.0. The van der Waals surface area contributed by atoms with E-state index in [9.17, 15) is 9.90 Å². The second-order valence-electron chi connectivity index (χ2n) is 7.26. The van der Waals surface area contributed by atoms with E-state index in [0.29, 0.717) is 43.3 Å². The summed E-state index contributed by atoms with van der Waals surface area (Å²) in [6.07, 6.45) is 0.0372. The summed E-state index contributed by atoms with van der Waals surface area (Å²) < 4.78 is 13.4. The topological polar surface area (TPSA) is 80.7 Å². The van der Waals surface area contributed by atoms with Crippen LogP contribution in [0, 0.1) is 6.92 Å². The highest BCUT2D eigenvalue weighted by Crippen LogP contribution is 2.23. The molecule has 0 aliphatic carbocycles. The lowest BCUT2D eigenvalue weighted by atomic mass is 10.2. The SMILES string of the molecule is CC[C@@H](O)c1cc2n(n1)CCN(C(=O)c1oc(COc3ccccc3)cc1C)C2. The predicted molar refractivity (Wildman–Crippen MR) is 106 cm³/mol. The molecule has 0 saturated carbocycles. The Morgan fingerprint density at radius 1 is 1.28 bits per heavy atom. The third kappa shape index (κ3) is 4.05. The lowest BCUT2D eigenvalue weighted by Gasteiger charge is -2.27. The van der Waals surface area contributed by atoms with Gasteiger partial charge >= 0.3 is 0 Å². The van der Waals surface area contributed by atoms with Gasteiger partial charge in [-0.05, 0) is 37.6 Å². The molecule has 2 aromatic heterocycles. The zero-order valence-electron chi connectivity index (χ0n) is 16.7. The minimum Gasteiger partial charge on any atom is -0.486 e. The van der Waals surface area contributed by atoms with Crippen molar-refractivity contribution in [3.8, 4) is 5.75 Å². The molecule has 1 aliphatic heterocycles. The highest BCUT2D eigenvalue weighted by atomic mass is 16.5. The van der Waals surface area contributed by atoms with Crippen molar-refractivity contribution >= 4 is 5.91 Å². The fourth-order valence-corrected chi connectivity index (χ4v) is 3.48. The van der Waals surface area contributed by atoms with Gasteiger partial charge in [0.25, 0.3) is 5.91 Å². The molecular formula is C22H25N3O4. The Kier molecular flexibility index (Phi) is 5.40. The van der Waals surface area contributed by atoms with E-state index in [2.05, 4.69) is 5.10 Å². The van der Waals surface area contributed by atoms with Crippen LogP contribution < -0.4 is 4.74 Å². The van der Waals surface area contributed by atoms with Crippen LogP contribution in [0.4, 0.5) is 0 Å². The molecule has 7 nitrogen and oxygen atoms in total. The zero-order chi connectivity index (χ0) is 20.4. The van der Waals surface area contributed by atoms with Crippen molar-refractivity contribution in [1.82, 2.24) is 14.7 Å². The van der Waals surface area contributed by atoms with E-state index in [0.717, 1.165) is 17.0 Å². The Balaban J connectivity index is 1.44. The van der Waals surface area contributed by atoms with E-state index in [1.54, 1.807) is 4.90 Å². The molecule has 0 unspecified atom stereocenters. The minimum atomic E-state index is -0.572. The fourth-order valence-electron chi connectivity index (χ4n) is 3.48. The van der Waals surface area contributed by atoms with Crippen molar-refractivity contribution in [3.63, 3.8) is 0 Å². The number of furan rings is 1. The number of aliphatic hydroxyl groups excluding tert-OH is 1. The van der Waals surface area contributed by atoms with Crippen LogP contribution >= 0.6 is 0 Å². The number of nitrogens with zero attached hydrogens (tertiary/aromatic N) is 3. The Morgan fingerprint density at radius 3 is 2.83 bits per heavy atom. The van der Waals surface area contributed by atoms with Crippen molar-refractivity contribution in [2.24, 2.45) is 0 Å². The standard InChI is InChI=1S/C22H25N3O4/c1-3-20(26)19-12-16-13-24(9-10-25(16)23-19)22(27)21-15(2)11-18(29-21)14-28-17-7-5-4-6-8-17/h4-8,11-12,20,26H,3,9-10,13-14H2,1-2H3/t20-/m1/s1. The number of rotatable bonds is 6. The zero-order valence-corrected chi connectivity index (χ0v) is 16.7. The average Bonchev–Trinajstić information content (AvgIpc) is 3.34. The van der Waals surface area contributed by atoms with Crippen LogP contribution in [0.1, 0.15) is 52.7 Å². The van der Waals surface area contributed by atoms with Crippen molar-refractivity contribution in [1.29, 1.82) is 0 Å². The fraction of sp³-hybridized carbons (Fsp3) is 0.364. The van der Waals surface area contributed by atoms with Gasteiger partial charge in [0.05, 0.1) is 30.6 Å². The summed E-state index contributed by atoms with van der Waals surface area (Å²) in [5.74, 6) is 1.57. The summed E-state index contributed by atoms with van der Waals surface area (Å²) in [5.41, 5.74) is 2.37. The van der Waals surface area contributed by atoms with E-state index in [1.165, 1.54) is 0 Å². The smallest absolute Gasteiger partial charge is 0.290 e. The number of aromatic nitrogens is 2. The number of hydrogen-bond acceptors (Lipinski definition) is 5. The molecule has 0 fully saturated rings. The number of carbonyl (C=O) groups excluding carboxylic acids is 1. The van der Waals surface area contributed by atoms with Crippen LogP contribution in [-0.4, -0.2) is 32.2 Å². The second kappa shape index (κ2) is 8.13. The normalized spacial score (nSPS) is 14.5. The minimum absolute atomic E-state index is 0.140. The summed E-state index contributed by atoms with van der Waals surface area (Å²) >= 11 is 0. The number of benzene rings is 1. The molecule has 152 valence electrons. The molecule has 3 heterocycles. The Hall–Kier alpha value is -3.06. The number of aryl methyl sites for hydroxylation is 1. The molecule has 3 aromatic rings. The largest absolute Gasteiger partial charge is 0.486 e. The van der Waals surface area contributed by atoms with E-state index in [1.807, 2.05) is 61.0 Å². The molecular weight excluding hydrogens is 370 g/mol. The van der Waals surface area contributed by atoms with Crippen LogP contribution in [0.25, 0.3) is 0 Å². The monoisotopic (exact) mass is 395 g/mol. The lowest BCUT2D eigenvalue weighted by molar-refractivity contribution is 0.0668. The van der Waals surface area contributed by atoms with Gasteiger partial charge in [-0.15, -0.1) is 0 Å². The number of amides is 1. The molecule has 29 heavy (non-hydrogen) atoms. The van der Waals surface area contributed by atoms with Crippen molar-refractivity contribution in [2.75, 3.05) is 6.54 Å². The molecule has 0 bridgehead atoms. The van der Waals surface area contributed by atoms with Crippen LogP contribution in [-0.2, 0) is 19.7 Å². The van der Waals surface area contributed by atoms with Crippen LogP contribution in [0.15, 0.2) is 46.9 Å². The lowest BCUT2D eigenvalue weighted by Crippen LogP contribution is -2.38. The van der Waals surface area contributed by atoms with E-state index < -0.39 is 6.10 Å². The van der Waals surface area contributed by atoms with E-state index in [-0.39, 0.29) is 12.5 Å². The Labute approximate surface area is 169 Å². The summed E-state index contributed by atoms with van der Waals surface area (Å²) in [6, 6.07) is 13.2. The van der Waals surface area contributed by atoms with Gasteiger partial charge in [-0.2, -0.15) is 5.10 Å². The van der Waals surface area contributed by atoms with Gasteiger partial charge in [-0.3, -0.25) is 9.48 Å². The van der Waals surface area contributed by atoms with Gasteiger partial charge in [-0.25, -0.2) is 0 Å². The number of hydrogen-bond donors (Lipinski definition) is 1. The van der Waals surface area contributed by atoms with Gasteiger partial charge in [-0.1, -0.05) is 25.1 Å². The third-order valence-corrected chi connectivity index (χ3v) is 5.12. The summed E-state index contributed by atoms with van der Waals surface area (Å²) in [6.45, 7) is 5.64. The number of fused-ring (bicyclic) bond motifs is 1. The van der Waals surface area contributed by atoms with Crippen LogP contribution in [0.3, 0.4) is 0 Å². The van der Waals surface area contributed by atoms with Gasteiger partial charge in [0.2, 0.25) is 0 Å². The van der Waals surface area contributed by atoms with Gasteiger partial charge < -0.3 is 19.2 Å². The van der Waals surface area contributed by atoms with E-state index in [4.69, 9.17) is 9.15 Å². The average molecular weight is 395 g/mol. The van der Waals surface area contributed by atoms with Gasteiger partial charge in [0.1, 0.15) is 18.1 Å². The maximum atomic E-state index is 13.0. The highest BCUT2D eigenvalue weighted by molar-refractivity contribution is 5.93. The predicted octanol–water partition coefficient (Wildman–Crippen LogP) is 3.46. The molecule has 0 saturated heterocycles. The summed E-state index contributed by atoms with van der Waals surface area (Å²) in [4.78, 5) is 14.8. The van der Waals surface area contributed by atoms with Gasteiger partial charge in [0, 0.05) is 12.1 Å². The first kappa shape index (κ1) is 19.3. The second-order valence-corrected chi connectivity index (χ2v) is 7.26. The molecule has 1 aromatic carbocycles. The molecule has 7 heteroatoms. The number of ether oxygens (including phenoxy) is 1. The first-order chi connectivity index (χ1) is 14.0. The van der Waals surface area contributed by atoms with Crippen LogP contribution in [0.5, 0.6) is 5.75 Å². The molecule has 1 atom stereocenters. The number of carbonyl (C=O) groups is 1. The quantitative estimate of drug-likeness (QED) is 0.691.